The summed E-state index contributed by atoms with van der Waals surface area (Å²) in [5.41, 5.74) is 0.701. The van der Waals surface area contributed by atoms with E-state index in [1.807, 2.05) is 19.1 Å². The molecule has 2 saturated heterocycles. The van der Waals surface area contributed by atoms with E-state index in [-0.39, 0.29) is 5.92 Å². The molecule has 0 aromatic heterocycles. The number of rotatable bonds is 5. The van der Waals surface area contributed by atoms with Crippen LogP contribution in [-0.4, -0.2) is 54.6 Å². The maximum Gasteiger partial charge on any atom is 0.118 e. The van der Waals surface area contributed by atoms with Crippen molar-refractivity contribution in [2.24, 2.45) is 5.92 Å². The van der Waals surface area contributed by atoms with Gasteiger partial charge in [-0.1, -0.05) is 19.1 Å². The first-order valence-electron chi connectivity index (χ1n) is 9.20. The van der Waals surface area contributed by atoms with Crippen molar-refractivity contribution in [3.63, 3.8) is 0 Å². The summed E-state index contributed by atoms with van der Waals surface area (Å²) < 4.78 is 11.1. The Morgan fingerprint density at radius 1 is 1.33 bits per heavy atom. The molecule has 134 valence electrons. The summed E-state index contributed by atoms with van der Waals surface area (Å²) >= 11 is 0. The molecule has 0 bridgehead atoms. The van der Waals surface area contributed by atoms with Gasteiger partial charge in [0.1, 0.15) is 5.75 Å². The molecule has 2 aliphatic heterocycles. The third kappa shape index (κ3) is 3.93. The second kappa shape index (κ2) is 7.42. The van der Waals surface area contributed by atoms with Crippen molar-refractivity contribution in [2.75, 3.05) is 26.8 Å². The zero-order valence-electron chi connectivity index (χ0n) is 15.2. The van der Waals surface area contributed by atoms with Gasteiger partial charge < -0.3 is 14.6 Å². The van der Waals surface area contributed by atoms with Crippen LogP contribution < -0.4 is 4.74 Å². The van der Waals surface area contributed by atoms with Crippen LogP contribution in [0, 0.1) is 5.92 Å². The van der Waals surface area contributed by atoms with E-state index in [0.29, 0.717) is 12.1 Å². The summed E-state index contributed by atoms with van der Waals surface area (Å²) in [5, 5.41) is 10.8. The Morgan fingerprint density at radius 3 is 2.71 bits per heavy atom. The van der Waals surface area contributed by atoms with Gasteiger partial charge in [-0.25, -0.2) is 0 Å². The number of methoxy groups -OCH3 is 1. The van der Waals surface area contributed by atoms with E-state index in [1.54, 1.807) is 7.11 Å². The Labute approximate surface area is 145 Å². The Hall–Kier alpha value is -1.10. The van der Waals surface area contributed by atoms with Gasteiger partial charge in [-0.15, -0.1) is 0 Å². The molecule has 24 heavy (non-hydrogen) atoms. The summed E-state index contributed by atoms with van der Waals surface area (Å²) in [5.74, 6) is 1.12. The third-order valence-electron chi connectivity index (χ3n) is 6.00. The van der Waals surface area contributed by atoms with Crippen LogP contribution in [0.2, 0.25) is 0 Å². The zero-order chi connectivity index (χ0) is 17.2. The highest BCUT2D eigenvalue weighted by Gasteiger charge is 2.42. The van der Waals surface area contributed by atoms with Gasteiger partial charge in [0, 0.05) is 31.7 Å². The minimum atomic E-state index is -0.593. The SMILES string of the molecule is COc1ccc(CC2C(C)C(C)(O)CCN2CC2CCCO2)cc1. The fraction of sp³-hybridized carbons (Fsp3) is 0.700. The normalized spacial score (nSPS) is 34.4. The molecule has 4 heteroatoms. The molecular weight excluding hydrogens is 302 g/mol. The minimum absolute atomic E-state index is 0.231. The van der Waals surface area contributed by atoms with Crippen LogP contribution in [0.25, 0.3) is 0 Å². The van der Waals surface area contributed by atoms with Gasteiger partial charge in [-0.2, -0.15) is 0 Å². The van der Waals surface area contributed by atoms with Crippen LogP contribution in [0.1, 0.15) is 38.7 Å². The fourth-order valence-electron chi connectivity index (χ4n) is 4.08. The van der Waals surface area contributed by atoms with E-state index in [2.05, 4.69) is 24.0 Å². The van der Waals surface area contributed by atoms with Crippen molar-refractivity contribution in [3.8, 4) is 5.75 Å². The van der Waals surface area contributed by atoms with Crippen LogP contribution >= 0.6 is 0 Å². The van der Waals surface area contributed by atoms with E-state index in [1.165, 1.54) is 12.0 Å². The maximum absolute atomic E-state index is 10.8. The number of aliphatic hydroxyl groups is 1. The second-order valence-corrected chi connectivity index (χ2v) is 7.65. The molecule has 0 spiro atoms. The molecule has 4 atom stereocenters. The van der Waals surface area contributed by atoms with Crippen molar-refractivity contribution in [1.82, 2.24) is 4.90 Å². The lowest BCUT2D eigenvalue weighted by molar-refractivity contribution is -0.0901. The molecule has 1 aromatic carbocycles. The van der Waals surface area contributed by atoms with Gasteiger partial charge in [0.25, 0.3) is 0 Å². The number of nitrogens with zero attached hydrogens (tertiary/aromatic N) is 1. The van der Waals surface area contributed by atoms with Gasteiger partial charge in [0.2, 0.25) is 0 Å². The summed E-state index contributed by atoms with van der Waals surface area (Å²) in [4.78, 5) is 2.54. The molecule has 0 radical (unpaired) electrons. The van der Waals surface area contributed by atoms with Gasteiger partial charge in [-0.05, 0) is 50.3 Å². The fourth-order valence-corrected chi connectivity index (χ4v) is 4.08. The molecule has 1 aromatic rings. The Balaban J connectivity index is 1.73. The number of piperidine rings is 1. The summed E-state index contributed by atoms with van der Waals surface area (Å²) in [6, 6.07) is 8.65. The Bertz CT molecular complexity index is 522. The Kier molecular flexibility index (Phi) is 5.48. The van der Waals surface area contributed by atoms with Crippen molar-refractivity contribution in [3.05, 3.63) is 29.8 Å². The summed E-state index contributed by atoms with van der Waals surface area (Å²) in [7, 11) is 1.69. The van der Waals surface area contributed by atoms with E-state index < -0.39 is 5.60 Å². The van der Waals surface area contributed by atoms with Gasteiger partial charge in [-0.3, -0.25) is 4.90 Å². The van der Waals surface area contributed by atoms with Crippen molar-refractivity contribution in [2.45, 2.75) is 57.3 Å². The van der Waals surface area contributed by atoms with Crippen LogP contribution in [0.5, 0.6) is 5.75 Å². The van der Waals surface area contributed by atoms with Crippen LogP contribution in [0.3, 0.4) is 0 Å². The molecule has 2 aliphatic rings. The minimum Gasteiger partial charge on any atom is -0.497 e. The summed E-state index contributed by atoms with van der Waals surface area (Å²) in [6.07, 6.45) is 4.48. The Morgan fingerprint density at radius 2 is 2.08 bits per heavy atom. The topological polar surface area (TPSA) is 41.9 Å². The van der Waals surface area contributed by atoms with Crippen molar-refractivity contribution in [1.29, 1.82) is 0 Å². The maximum atomic E-state index is 10.8. The molecule has 3 rings (SSSR count). The molecule has 0 amide bonds. The molecule has 0 saturated carbocycles. The molecule has 4 nitrogen and oxygen atoms in total. The number of ether oxygens (including phenoxy) is 2. The lowest BCUT2D eigenvalue weighted by Gasteiger charge is -2.48. The summed E-state index contributed by atoms with van der Waals surface area (Å²) in [6.45, 7) is 7.01. The number of hydrogen-bond donors (Lipinski definition) is 1. The van der Waals surface area contributed by atoms with Crippen LogP contribution in [0.4, 0.5) is 0 Å². The van der Waals surface area contributed by atoms with Crippen LogP contribution in [0.15, 0.2) is 24.3 Å². The average Bonchev–Trinajstić information content (AvgIpc) is 3.08. The number of likely N-dealkylation sites (tertiary alicyclic amines) is 1. The third-order valence-corrected chi connectivity index (χ3v) is 6.00. The van der Waals surface area contributed by atoms with E-state index >= 15 is 0 Å². The van der Waals surface area contributed by atoms with Crippen molar-refractivity contribution < 1.29 is 14.6 Å². The zero-order valence-corrected chi connectivity index (χ0v) is 15.2. The largest absolute Gasteiger partial charge is 0.497 e. The predicted molar refractivity (Wildman–Crippen MR) is 95.4 cm³/mol. The highest BCUT2D eigenvalue weighted by atomic mass is 16.5. The number of benzene rings is 1. The first-order valence-corrected chi connectivity index (χ1v) is 9.20. The second-order valence-electron chi connectivity index (χ2n) is 7.65. The molecule has 0 aliphatic carbocycles. The molecule has 1 N–H and O–H groups in total. The molecule has 2 fully saturated rings. The quantitative estimate of drug-likeness (QED) is 0.900. The van der Waals surface area contributed by atoms with E-state index in [0.717, 1.165) is 44.7 Å². The highest BCUT2D eigenvalue weighted by Crippen LogP contribution is 2.35. The molecule has 4 unspecified atom stereocenters. The van der Waals surface area contributed by atoms with Gasteiger partial charge in [0.05, 0.1) is 18.8 Å². The highest BCUT2D eigenvalue weighted by molar-refractivity contribution is 5.28. The van der Waals surface area contributed by atoms with Crippen LogP contribution in [-0.2, 0) is 11.2 Å². The van der Waals surface area contributed by atoms with E-state index in [4.69, 9.17) is 9.47 Å². The van der Waals surface area contributed by atoms with Gasteiger partial charge in [0.15, 0.2) is 0 Å². The molecule has 2 heterocycles. The average molecular weight is 333 g/mol. The lowest BCUT2D eigenvalue weighted by Crippen LogP contribution is -2.57. The smallest absolute Gasteiger partial charge is 0.118 e. The monoisotopic (exact) mass is 333 g/mol. The first-order chi connectivity index (χ1) is 11.5. The first kappa shape index (κ1) is 17.7. The standard InChI is InChI=1S/C20H31NO3/c1-15-19(13-16-6-8-17(23-3)9-7-16)21(11-10-20(15,2)22)14-18-5-4-12-24-18/h6-9,15,18-19,22H,4-5,10-14H2,1-3H3. The molecular formula is C20H31NO3. The van der Waals surface area contributed by atoms with Gasteiger partial charge >= 0.3 is 0 Å². The van der Waals surface area contributed by atoms with Crippen molar-refractivity contribution >= 4 is 0 Å². The predicted octanol–water partition coefficient (Wildman–Crippen LogP) is 2.88. The lowest BCUT2D eigenvalue weighted by atomic mass is 9.76. The number of hydrogen-bond acceptors (Lipinski definition) is 4. The van der Waals surface area contributed by atoms with E-state index in [9.17, 15) is 5.11 Å².